The van der Waals surface area contributed by atoms with Crippen LogP contribution >= 0.6 is 0 Å². The van der Waals surface area contributed by atoms with Gasteiger partial charge in [-0.1, -0.05) is 90.4 Å². The molecule has 0 heterocycles. The van der Waals surface area contributed by atoms with E-state index in [1.807, 2.05) is 0 Å². The molecule has 0 aromatic heterocycles. The standard InChI is InChI=1S/C23H48NO/c1-4-5-6-7-8-9-10-11-15-18-21-24(2,3)22-25-23-19-16-13-12-14-17-20-23/h23H,4-22H2,1-3H3/q+1. The van der Waals surface area contributed by atoms with Gasteiger partial charge in [0.2, 0.25) is 0 Å². The van der Waals surface area contributed by atoms with Crippen molar-refractivity contribution in [3.63, 3.8) is 0 Å². The third kappa shape index (κ3) is 13.7. The van der Waals surface area contributed by atoms with Gasteiger partial charge in [-0.25, -0.2) is 0 Å². The highest BCUT2D eigenvalue weighted by Crippen LogP contribution is 2.20. The zero-order valence-electron chi connectivity index (χ0n) is 17.9. The maximum atomic E-state index is 6.30. The molecule has 0 saturated heterocycles. The average molecular weight is 355 g/mol. The van der Waals surface area contributed by atoms with Gasteiger partial charge in [0.15, 0.2) is 6.73 Å². The number of hydrogen-bond donors (Lipinski definition) is 0. The largest absolute Gasteiger partial charge is 0.328 e. The summed E-state index contributed by atoms with van der Waals surface area (Å²) in [6.07, 6.45) is 24.3. The van der Waals surface area contributed by atoms with Crippen LogP contribution in [0.3, 0.4) is 0 Å². The Morgan fingerprint density at radius 3 is 1.72 bits per heavy atom. The van der Waals surface area contributed by atoms with E-state index < -0.39 is 0 Å². The third-order valence-electron chi connectivity index (χ3n) is 5.83. The summed E-state index contributed by atoms with van der Waals surface area (Å²) in [6, 6.07) is 0. The second kappa shape index (κ2) is 15.0. The van der Waals surface area contributed by atoms with E-state index in [4.69, 9.17) is 4.74 Å². The molecule has 2 heteroatoms. The average Bonchev–Trinajstić information content (AvgIpc) is 2.55. The first-order chi connectivity index (χ1) is 12.1. The summed E-state index contributed by atoms with van der Waals surface area (Å²) in [5.41, 5.74) is 0. The summed E-state index contributed by atoms with van der Waals surface area (Å²) in [7, 11) is 4.69. The van der Waals surface area contributed by atoms with E-state index in [0.717, 1.165) is 11.2 Å². The molecule has 1 fully saturated rings. The molecule has 1 saturated carbocycles. The van der Waals surface area contributed by atoms with Gasteiger partial charge >= 0.3 is 0 Å². The minimum atomic E-state index is 0.533. The fourth-order valence-corrected chi connectivity index (χ4v) is 3.98. The Kier molecular flexibility index (Phi) is 13.8. The molecule has 0 atom stereocenters. The smallest absolute Gasteiger partial charge is 0.183 e. The molecule has 0 spiro atoms. The lowest BCUT2D eigenvalue weighted by molar-refractivity contribution is -0.910. The van der Waals surface area contributed by atoms with E-state index in [9.17, 15) is 0 Å². The first kappa shape index (κ1) is 23.0. The van der Waals surface area contributed by atoms with Gasteiger partial charge in [-0.15, -0.1) is 0 Å². The molecule has 0 aliphatic heterocycles. The Morgan fingerprint density at radius 2 is 1.16 bits per heavy atom. The Hall–Kier alpha value is -0.0800. The molecule has 0 aromatic carbocycles. The van der Waals surface area contributed by atoms with Crippen LogP contribution in [0.15, 0.2) is 0 Å². The Morgan fingerprint density at radius 1 is 0.680 bits per heavy atom. The van der Waals surface area contributed by atoms with Crippen molar-refractivity contribution in [1.82, 2.24) is 0 Å². The highest BCUT2D eigenvalue weighted by Gasteiger charge is 2.19. The first-order valence-electron chi connectivity index (χ1n) is 11.6. The summed E-state index contributed by atoms with van der Waals surface area (Å²) in [5, 5.41) is 0. The predicted molar refractivity (Wildman–Crippen MR) is 111 cm³/mol. The van der Waals surface area contributed by atoms with Crippen molar-refractivity contribution >= 4 is 0 Å². The molecule has 1 rings (SSSR count). The molecule has 1 aliphatic rings. The van der Waals surface area contributed by atoms with E-state index >= 15 is 0 Å². The summed E-state index contributed by atoms with van der Waals surface area (Å²) in [6.45, 7) is 4.47. The number of nitrogens with zero attached hydrogens (tertiary/aromatic N) is 1. The molecule has 0 N–H and O–H groups in total. The zero-order valence-corrected chi connectivity index (χ0v) is 17.9. The normalized spacial score (nSPS) is 17.4. The highest BCUT2D eigenvalue weighted by atomic mass is 16.5. The topological polar surface area (TPSA) is 9.23 Å². The van der Waals surface area contributed by atoms with Crippen LogP contribution in [-0.2, 0) is 4.74 Å². The molecule has 2 nitrogen and oxygen atoms in total. The summed E-state index contributed by atoms with van der Waals surface area (Å²) in [5.74, 6) is 0. The van der Waals surface area contributed by atoms with Crippen molar-refractivity contribution in [3.8, 4) is 0 Å². The van der Waals surface area contributed by atoms with Crippen molar-refractivity contribution in [2.24, 2.45) is 0 Å². The lowest BCUT2D eigenvalue weighted by atomic mass is 9.99. The van der Waals surface area contributed by atoms with Gasteiger partial charge in [-0.2, -0.15) is 0 Å². The summed E-state index contributed by atoms with van der Waals surface area (Å²) in [4.78, 5) is 0. The van der Waals surface area contributed by atoms with Gasteiger partial charge < -0.3 is 9.22 Å². The van der Waals surface area contributed by atoms with Crippen LogP contribution in [0.2, 0.25) is 0 Å². The fraction of sp³-hybridized carbons (Fsp3) is 1.00. The van der Waals surface area contributed by atoms with Gasteiger partial charge in [0.05, 0.1) is 26.7 Å². The predicted octanol–water partition coefficient (Wildman–Crippen LogP) is 7.07. The number of rotatable bonds is 14. The number of hydrogen-bond acceptors (Lipinski definition) is 1. The Bertz CT molecular complexity index is 282. The lowest BCUT2D eigenvalue weighted by Crippen LogP contribution is -2.43. The molecule has 0 aromatic rings. The summed E-state index contributed by atoms with van der Waals surface area (Å²) < 4.78 is 7.33. The molecule has 0 unspecified atom stereocenters. The second-order valence-corrected chi connectivity index (χ2v) is 9.10. The fourth-order valence-electron chi connectivity index (χ4n) is 3.98. The molecule has 0 bridgehead atoms. The molecular formula is C23H48NO+. The summed E-state index contributed by atoms with van der Waals surface area (Å²) >= 11 is 0. The van der Waals surface area contributed by atoms with Gasteiger partial charge in [0.25, 0.3) is 0 Å². The monoisotopic (exact) mass is 354 g/mol. The van der Waals surface area contributed by atoms with Crippen LogP contribution in [0.5, 0.6) is 0 Å². The van der Waals surface area contributed by atoms with Crippen molar-refractivity contribution in [1.29, 1.82) is 0 Å². The minimum Gasteiger partial charge on any atom is -0.328 e. The van der Waals surface area contributed by atoms with Crippen LogP contribution in [-0.4, -0.2) is 38.0 Å². The number of ether oxygens (including phenoxy) is 1. The van der Waals surface area contributed by atoms with Crippen LogP contribution in [0.1, 0.15) is 116 Å². The molecule has 25 heavy (non-hydrogen) atoms. The molecule has 1 aliphatic carbocycles. The third-order valence-corrected chi connectivity index (χ3v) is 5.83. The van der Waals surface area contributed by atoms with Crippen molar-refractivity contribution < 1.29 is 9.22 Å². The van der Waals surface area contributed by atoms with Gasteiger partial charge in [-0.05, 0) is 25.7 Å². The van der Waals surface area contributed by atoms with E-state index in [2.05, 4.69) is 21.0 Å². The molecule has 0 radical (unpaired) electrons. The molecular weight excluding hydrogens is 306 g/mol. The van der Waals surface area contributed by atoms with Gasteiger partial charge in [-0.3, -0.25) is 0 Å². The maximum Gasteiger partial charge on any atom is 0.183 e. The molecule has 150 valence electrons. The minimum absolute atomic E-state index is 0.533. The van der Waals surface area contributed by atoms with Crippen LogP contribution in [0, 0.1) is 0 Å². The number of unbranched alkanes of at least 4 members (excludes halogenated alkanes) is 9. The van der Waals surface area contributed by atoms with E-state index in [1.165, 1.54) is 116 Å². The van der Waals surface area contributed by atoms with Crippen LogP contribution in [0.4, 0.5) is 0 Å². The van der Waals surface area contributed by atoms with Crippen molar-refractivity contribution in [2.45, 2.75) is 122 Å². The van der Waals surface area contributed by atoms with Gasteiger partial charge in [0, 0.05) is 0 Å². The lowest BCUT2D eigenvalue weighted by Gasteiger charge is -2.32. The van der Waals surface area contributed by atoms with E-state index in [1.54, 1.807) is 0 Å². The number of quaternary nitrogens is 1. The highest BCUT2D eigenvalue weighted by molar-refractivity contribution is 4.62. The zero-order chi connectivity index (χ0) is 18.2. The quantitative estimate of drug-likeness (QED) is 0.184. The van der Waals surface area contributed by atoms with Crippen LogP contribution < -0.4 is 0 Å². The van der Waals surface area contributed by atoms with Crippen LogP contribution in [0.25, 0.3) is 0 Å². The Balaban J connectivity index is 1.97. The van der Waals surface area contributed by atoms with E-state index in [-0.39, 0.29) is 0 Å². The molecule has 0 amide bonds. The Labute approximate surface area is 159 Å². The maximum absolute atomic E-state index is 6.30. The van der Waals surface area contributed by atoms with Crippen molar-refractivity contribution in [3.05, 3.63) is 0 Å². The SMILES string of the molecule is CCCCCCCCCCCC[N+](C)(C)COC1CCCCCCC1. The van der Waals surface area contributed by atoms with E-state index in [0.29, 0.717) is 6.10 Å². The first-order valence-corrected chi connectivity index (χ1v) is 11.6. The van der Waals surface area contributed by atoms with Crippen molar-refractivity contribution in [2.75, 3.05) is 27.4 Å². The van der Waals surface area contributed by atoms with Gasteiger partial charge in [0.1, 0.15) is 0 Å². The second-order valence-electron chi connectivity index (χ2n) is 9.10.